The maximum Gasteiger partial charge on any atom is 0.278 e. The Kier molecular flexibility index (Phi) is 4.59. The molecule has 2 rings (SSSR count). The van der Waals surface area contributed by atoms with E-state index in [2.05, 4.69) is 20.5 Å². The van der Waals surface area contributed by atoms with E-state index >= 15 is 0 Å². The molecule has 21 heavy (non-hydrogen) atoms. The molecule has 0 aliphatic rings. The van der Waals surface area contributed by atoms with E-state index in [9.17, 15) is 10.1 Å². The minimum absolute atomic E-state index is 0.138. The number of rotatable bonds is 6. The summed E-state index contributed by atoms with van der Waals surface area (Å²) in [6.45, 7) is 7.22. The average Bonchev–Trinajstić information content (AvgIpc) is 2.88. The van der Waals surface area contributed by atoms with E-state index in [0.29, 0.717) is 29.9 Å². The average molecular weight is 290 g/mol. The number of nitrogens with zero attached hydrogens (tertiary/aromatic N) is 5. The molecule has 0 amide bonds. The molecule has 8 heteroatoms. The van der Waals surface area contributed by atoms with Crippen LogP contribution in [-0.4, -0.2) is 24.7 Å². The molecular weight excluding hydrogens is 272 g/mol. The van der Waals surface area contributed by atoms with Crippen LogP contribution in [0.3, 0.4) is 0 Å². The zero-order chi connectivity index (χ0) is 15.4. The molecule has 1 N–H and O–H groups in total. The summed E-state index contributed by atoms with van der Waals surface area (Å²) in [5.41, 5.74) is 1.99. The maximum absolute atomic E-state index is 11.1. The second-order valence-corrected chi connectivity index (χ2v) is 4.76. The SMILES string of the molecule is CCn1cnnc1CNCc1ncc(C)c([N+](=O)[O-])c1C. The first-order chi connectivity index (χ1) is 10.0. The van der Waals surface area contributed by atoms with E-state index in [0.717, 1.165) is 12.4 Å². The highest BCUT2D eigenvalue weighted by Crippen LogP contribution is 2.23. The fourth-order valence-corrected chi connectivity index (χ4v) is 2.20. The number of aromatic nitrogens is 4. The van der Waals surface area contributed by atoms with Crippen molar-refractivity contribution in [1.29, 1.82) is 0 Å². The van der Waals surface area contributed by atoms with Gasteiger partial charge in [0.25, 0.3) is 5.69 Å². The predicted molar refractivity (Wildman–Crippen MR) is 76.6 cm³/mol. The number of aryl methyl sites for hydroxylation is 2. The molecule has 2 aromatic rings. The Bertz CT molecular complexity index is 652. The van der Waals surface area contributed by atoms with Crippen molar-refractivity contribution in [2.75, 3.05) is 0 Å². The molecule has 0 aliphatic heterocycles. The van der Waals surface area contributed by atoms with Gasteiger partial charge in [-0.15, -0.1) is 10.2 Å². The third kappa shape index (κ3) is 3.22. The van der Waals surface area contributed by atoms with E-state index in [1.165, 1.54) is 6.20 Å². The molecule has 0 saturated heterocycles. The predicted octanol–water partition coefficient (Wildman–Crippen LogP) is 1.51. The summed E-state index contributed by atoms with van der Waals surface area (Å²) in [5, 5.41) is 22.1. The number of nitro groups is 1. The van der Waals surface area contributed by atoms with Crippen molar-refractivity contribution in [3.05, 3.63) is 45.3 Å². The van der Waals surface area contributed by atoms with Gasteiger partial charge < -0.3 is 9.88 Å². The molecule has 0 fully saturated rings. The quantitative estimate of drug-likeness (QED) is 0.639. The third-order valence-electron chi connectivity index (χ3n) is 3.37. The van der Waals surface area contributed by atoms with Crippen LogP contribution in [0.5, 0.6) is 0 Å². The zero-order valence-electron chi connectivity index (χ0n) is 12.3. The fourth-order valence-electron chi connectivity index (χ4n) is 2.20. The van der Waals surface area contributed by atoms with Crippen LogP contribution in [0, 0.1) is 24.0 Å². The van der Waals surface area contributed by atoms with E-state index in [-0.39, 0.29) is 10.6 Å². The second kappa shape index (κ2) is 6.40. The van der Waals surface area contributed by atoms with E-state index in [1.807, 2.05) is 11.5 Å². The van der Waals surface area contributed by atoms with E-state index in [1.54, 1.807) is 20.2 Å². The van der Waals surface area contributed by atoms with Gasteiger partial charge in [0, 0.05) is 30.4 Å². The normalized spacial score (nSPS) is 10.8. The highest BCUT2D eigenvalue weighted by atomic mass is 16.6. The highest BCUT2D eigenvalue weighted by Gasteiger charge is 2.18. The van der Waals surface area contributed by atoms with E-state index < -0.39 is 0 Å². The van der Waals surface area contributed by atoms with Crippen LogP contribution in [0.4, 0.5) is 5.69 Å². The summed E-state index contributed by atoms with van der Waals surface area (Å²) < 4.78 is 1.94. The number of hydrogen-bond acceptors (Lipinski definition) is 6. The van der Waals surface area contributed by atoms with Crippen LogP contribution >= 0.6 is 0 Å². The minimum Gasteiger partial charge on any atom is -0.317 e. The Labute approximate surface area is 122 Å². The minimum atomic E-state index is -0.358. The van der Waals surface area contributed by atoms with Gasteiger partial charge in [0.15, 0.2) is 0 Å². The lowest BCUT2D eigenvalue weighted by Gasteiger charge is -2.09. The van der Waals surface area contributed by atoms with Crippen LogP contribution < -0.4 is 5.32 Å². The first-order valence-electron chi connectivity index (χ1n) is 6.71. The van der Waals surface area contributed by atoms with Gasteiger partial charge in [-0.2, -0.15) is 0 Å². The first-order valence-corrected chi connectivity index (χ1v) is 6.71. The van der Waals surface area contributed by atoms with Crippen molar-refractivity contribution < 1.29 is 4.92 Å². The third-order valence-corrected chi connectivity index (χ3v) is 3.37. The van der Waals surface area contributed by atoms with Crippen molar-refractivity contribution in [2.45, 2.75) is 40.4 Å². The molecule has 0 aliphatic carbocycles. The summed E-state index contributed by atoms with van der Waals surface area (Å²) in [5.74, 6) is 0.830. The zero-order valence-corrected chi connectivity index (χ0v) is 12.3. The van der Waals surface area contributed by atoms with Gasteiger partial charge in [0.2, 0.25) is 0 Å². The smallest absolute Gasteiger partial charge is 0.278 e. The highest BCUT2D eigenvalue weighted by molar-refractivity contribution is 5.47. The lowest BCUT2D eigenvalue weighted by Crippen LogP contribution is -2.18. The molecule has 0 saturated carbocycles. The summed E-state index contributed by atoms with van der Waals surface area (Å²) in [6, 6.07) is 0. The molecule has 2 aromatic heterocycles. The topological polar surface area (TPSA) is 98.8 Å². The number of hydrogen-bond donors (Lipinski definition) is 1. The number of nitrogens with one attached hydrogen (secondary N) is 1. The maximum atomic E-state index is 11.1. The van der Waals surface area contributed by atoms with E-state index in [4.69, 9.17) is 0 Å². The molecule has 8 nitrogen and oxygen atoms in total. The molecule has 0 aromatic carbocycles. The van der Waals surface area contributed by atoms with Crippen molar-refractivity contribution in [3.8, 4) is 0 Å². The van der Waals surface area contributed by atoms with Gasteiger partial charge in [0.1, 0.15) is 12.2 Å². The van der Waals surface area contributed by atoms with Crippen LogP contribution in [0.25, 0.3) is 0 Å². The van der Waals surface area contributed by atoms with Crippen LogP contribution in [0.2, 0.25) is 0 Å². The van der Waals surface area contributed by atoms with Gasteiger partial charge in [-0.1, -0.05) is 0 Å². The number of pyridine rings is 1. The molecule has 0 bridgehead atoms. The molecule has 2 heterocycles. The first kappa shape index (κ1) is 15.0. The standard InChI is InChI=1S/C13H18N6O2/c1-4-18-8-16-17-12(18)7-14-6-11-10(3)13(19(20)21)9(2)5-15-11/h5,8,14H,4,6-7H2,1-3H3. The molecule has 0 radical (unpaired) electrons. The van der Waals surface area contributed by atoms with Crippen molar-refractivity contribution in [1.82, 2.24) is 25.1 Å². The summed E-state index contributed by atoms with van der Waals surface area (Å²) in [6.07, 6.45) is 3.22. The monoisotopic (exact) mass is 290 g/mol. The Hall–Kier alpha value is -2.35. The van der Waals surface area contributed by atoms with Crippen molar-refractivity contribution in [3.63, 3.8) is 0 Å². The van der Waals surface area contributed by atoms with Gasteiger partial charge >= 0.3 is 0 Å². The molecule has 0 atom stereocenters. The van der Waals surface area contributed by atoms with Gasteiger partial charge in [0.05, 0.1) is 17.2 Å². The molecule has 0 spiro atoms. The Morgan fingerprint density at radius 1 is 1.38 bits per heavy atom. The van der Waals surface area contributed by atoms with Crippen LogP contribution in [0.15, 0.2) is 12.5 Å². The Morgan fingerprint density at radius 3 is 2.81 bits per heavy atom. The lowest BCUT2D eigenvalue weighted by molar-refractivity contribution is -0.386. The Morgan fingerprint density at radius 2 is 2.14 bits per heavy atom. The van der Waals surface area contributed by atoms with Gasteiger partial charge in [-0.3, -0.25) is 15.1 Å². The van der Waals surface area contributed by atoms with Crippen LogP contribution in [0.1, 0.15) is 29.6 Å². The molecule has 112 valence electrons. The van der Waals surface area contributed by atoms with Gasteiger partial charge in [-0.05, 0) is 20.8 Å². The second-order valence-electron chi connectivity index (χ2n) is 4.76. The van der Waals surface area contributed by atoms with Crippen LogP contribution in [-0.2, 0) is 19.6 Å². The lowest BCUT2D eigenvalue weighted by atomic mass is 10.1. The summed E-state index contributed by atoms with van der Waals surface area (Å²) in [4.78, 5) is 15.0. The largest absolute Gasteiger partial charge is 0.317 e. The summed E-state index contributed by atoms with van der Waals surface area (Å²) in [7, 11) is 0. The fraction of sp³-hybridized carbons (Fsp3) is 0.462. The van der Waals surface area contributed by atoms with Crippen molar-refractivity contribution in [2.24, 2.45) is 0 Å². The Balaban J connectivity index is 2.07. The molecular formula is C13H18N6O2. The summed E-state index contributed by atoms with van der Waals surface area (Å²) >= 11 is 0. The van der Waals surface area contributed by atoms with Gasteiger partial charge in [-0.25, -0.2) is 0 Å². The van der Waals surface area contributed by atoms with Crippen molar-refractivity contribution >= 4 is 5.69 Å². The molecule has 0 unspecified atom stereocenters.